The van der Waals surface area contributed by atoms with Crippen LogP contribution in [0.1, 0.15) is 52.3 Å². The van der Waals surface area contributed by atoms with E-state index in [1.807, 2.05) is 11.8 Å². The second-order valence-electron chi connectivity index (χ2n) is 6.93. The number of hydrogen-bond acceptors (Lipinski definition) is 6. The largest absolute Gasteiger partial charge is 0.336 e. The minimum Gasteiger partial charge on any atom is -0.336 e. The van der Waals surface area contributed by atoms with Crippen LogP contribution in [0.2, 0.25) is 0 Å². The molecule has 4 heterocycles. The Morgan fingerprint density at radius 3 is 2.84 bits per heavy atom. The molecule has 2 aliphatic heterocycles. The summed E-state index contributed by atoms with van der Waals surface area (Å²) in [6.07, 6.45) is 4.39. The zero-order chi connectivity index (χ0) is 17.4. The molecule has 2 aromatic rings. The maximum Gasteiger partial charge on any atom is 0.265 e. The van der Waals surface area contributed by atoms with E-state index >= 15 is 0 Å². The lowest BCUT2D eigenvalue weighted by atomic mass is 10.0. The number of amides is 1. The van der Waals surface area contributed by atoms with Crippen molar-refractivity contribution in [2.24, 2.45) is 0 Å². The third kappa shape index (κ3) is 3.08. The maximum atomic E-state index is 12.8. The van der Waals surface area contributed by atoms with Gasteiger partial charge in [0.1, 0.15) is 16.5 Å². The number of fused-ring (bicyclic) bond motifs is 1. The van der Waals surface area contributed by atoms with Gasteiger partial charge in [-0.05, 0) is 33.4 Å². The number of nitrogens with zero attached hydrogens (tertiary/aromatic N) is 6. The Balaban J connectivity index is 1.53. The van der Waals surface area contributed by atoms with E-state index in [0.29, 0.717) is 19.1 Å². The van der Waals surface area contributed by atoms with Gasteiger partial charge < -0.3 is 9.47 Å². The SMILES string of the molecule is Cc1ncsc1C(=O)N1CCc2nnc([C@H]3CCCCN3C)n2CC1. The standard InChI is InChI=1S/C17H24N6OS/c1-12-15(25-11-18-12)17(24)22-8-6-14-19-20-16(23(14)10-9-22)13-5-3-4-7-21(13)2/h11,13H,3-10H2,1-2H3/t13-/m1/s1. The van der Waals surface area contributed by atoms with Crippen molar-refractivity contribution in [1.82, 2.24) is 29.5 Å². The predicted molar refractivity (Wildman–Crippen MR) is 95.7 cm³/mol. The molecule has 2 aromatic heterocycles. The molecule has 134 valence electrons. The summed E-state index contributed by atoms with van der Waals surface area (Å²) in [6.45, 7) is 5.17. The zero-order valence-corrected chi connectivity index (χ0v) is 15.6. The number of carbonyl (C=O) groups excluding carboxylic acids is 1. The van der Waals surface area contributed by atoms with Gasteiger partial charge in [-0.15, -0.1) is 21.5 Å². The highest BCUT2D eigenvalue weighted by molar-refractivity contribution is 7.11. The summed E-state index contributed by atoms with van der Waals surface area (Å²) in [5.74, 6) is 2.17. The van der Waals surface area contributed by atoms with Crippen molar-refractivity contribution < 1.29 is 4.79 Å². The molecule has 1 atom stereocenters. The Morgan fingerprint density at radius 1 is 1.20 bits per heavy atom. The van der Waals surface area contributed by atoms with Gasteiger partial charge in [-0.3, -0.25) is 9.69 Å². The molecule has 8 heteroatoms. The van der Waals surface area contributed by atoms with Crippen LogP contribution >= 0.6 is 11.3 Å². The van der Waals surface area contributed by atoms with Crippen molar-refractivity contribution in [2.45, 2.75) is 45.2 Å². The molecule has 2 aliphatic rings. The molecule has 7 nitrogen and oxygen atoms in total. The molecule has 0 radical (unpaired) electrons. The summed E-state index contributed by atoms with van der Waals surface area (Å²) in [6, 6.07) is 0.348. The van der Waals surface area contributed by atoms with Gasteiger partial charge in [-0.1, -0.05) is 6.42 Å². The monoisotopic (exact) mass is 360 g/mol. The molecule has 0 N–H and O–H groups in total. The van der Waals surface area contributed by atoms with E-state index in [9.17, 15) is 4.79 Å². The van der Waals surface area contributed by atoms with Crippen molar-refractivity contribution in [3.63, 3.8) is 0 Å². The first-order valence-electron chi connectivity index (χ1n) is 8.96. The van der Waals surface area contributed by atoms with Crippen LogP contribution in [0.3, 0.4) is 0 Å². The number of aryl methyl sites for hydroxylation is 1. The fraction of sp³-hybridized carbons (Fsp3) is 0.647. The number of aromatic nitrogens is 4. The Kier molecular flexibility index (Phi) is 4.56. The number of piperidine rings is 1. The summed E-state index contributed by atoms with van der Waals surface area (Å²) in [4.78, 5) is 22.1. The molecule has 4 rings (SSSR count). The lowest BCUT2D eigenvalue weighted by Gasteiger charge is -2.31. The first kappa shape index (κ1) is 16.7. The van der Waals surface area contributed by atoms with Crippen LogP contribution < -0.4 is 0 Å². The van der Waals surface area contributed by atoms with Crippen LogP contribution in [0.15, 0.2) is 5.51 Å². The van der Waals surface area contributed by atoms with Crippen LogP contribution in [0.25, 0.3) is 0 Å². The molecule has 0 aromatic carbocycles. The first-order chi connectivity index (χ1) is 12.1. The lowest BCUT2D eigenvalue weighted by molar-refractivity contribution is 0.0762. The summed E-state index contributed by atoms with van der Waals surface area (Å²) >= 11 is 1.43. The van der Waals surface area contributed by atoms with Crippen LogP contribution in [0, 0.1) is 6.92 Å². The van der Waals surface area contributed by atoms with Gasteiger partial charge in [0.25, 0.3) is 5.91 Å². The molecule has 0 aliphatic carbocycles. The van der Waals surface area contributed by atoms with Gasteiger partial charge in [0.05, 0.1) is 17.2 Å². The third-order valence-corrected chi connectivity index (χ3v) is 6.27. The van der Waals surface area contributed by atoms with Crippen molar-refractivity contribution >= 4 is 17.2 Å². The van der Waals surface area contributed by atoms with Gasteiger partial charge in [-0.2, -0.15) is 0 Å². The van der Waals surface area contributed by atoms with E-state index in [4.69, 9.17) is 0 Å². The minimum absolute atomic E-state index is 0.0926. The predicted octanol–water partition coefficient (Wildman–Crippen LogP) is 1.90. The van der Waals surface area contributed by atoms with E-state index in [1.54, 1.807) is 5.51 Å². The lowest BCUT2D eigenvalue weighted by Crippen LogP contribution is -2.34. The fourth-order valence-electron chi connectivity index (χ4n) is 3.85. The van der Waals surface area contributed by atoms with E-state index in [0.717, 1.165) is 48.2 Å². The van der Waals surface area contributed by atoms with Crippen molar-refractivity contribution in [3.05, 3.63) is 27.7 Å². The molecule has 1 fully saturated rings. The fourth-order valence-corrected chi connectivity index (χ4v) is 4.62. The maximum absolute atomic E-state index is 12.8. The van der Waals surface area contributed by atoms with Crippen LogP contribution in [-0.2, 0) is 13.0 Å². The molecule has 0 saturated carbocycles. The number of carbonyl (C=O) groups is 1. The molecule has 0 unspecified atom stereocenters. The molecular formula is C17H24N6OS. The summed E-state index contributed by atoms with van der Waals surface area (Å²) in [5.41, 5.74) is 2.56. The van der Waals surface area contributed by atoms with Gasteiger partial charge >= 0.3 is 0 Å². The van der Waals surface area contributed by atoms with E-state index < -0.39 is 0 Å². The number of thiazole rings is 1. The third-order valence-electron chi connectivity index (χ3n) is 5.35. The Hall–Kier alpha value is -1.80. The Morgan fingerprint density at radius 2 is 2.08 bits per heavy atom. The molecule has 25 heavy (non-hydrogen) atoms. The van der Waals surface area contributed by atoms with Crippen LogP contribution in [0.4, 0.5) is 0 Å². The number of rotatable bonds is 2. The average molecular weight is 360 g/mol. The van der Waals surface area contributed by atoms with Gasteiger partial charge in [0.2, 0.25) is 0 Å². The molecule has 0 bridgehead atoms. The molecular weight excluding hydrogens is 336 g/mol. The average Bonchev–Trinajstić information content (AvgIpc) is 3.15. The van der Waals surface area contributed by atoms with E-state index in [1.165, 1.54) is 24.2 Å². The second kappa shape index (κ2) is 6.84. The first-order valence-corrected chi connectivity index (χ1v) is 9.84. The highest BCUT2D eigenvalue weighted by atomic mass is 32.1. The quantitative estimate of drug-likeness (QED) is 0.818. The normalized spacial score (nSPS) is 21.8. The molecule has 1 amide bonds. The minimum atomic E-state index is 0.0926. The molecule has 1 saturated heterocycles. The summed E-state index contributed by atoms with van der Waals surface area (Å²) < 4.78 is 2.25. The zero-order valence-electron chi connectivity index (χ0n) is 14.8. The highest BCUT2D eigenvalue weighted by Gasteiger charge is 2.29. The summed E-state index contributed by atoms with van der Waals surface area (Å²) in [7, 11) is 2.17. The topological polar surface area (TPSA) is 67.2 Å². The Bertz CT molecular complexity index is 769. The summed E-state index contributed by atoms with van der Waals surface area (Å²) in [5, 5.41) is 8.95. The number of hydrogen-bond donors (Lipinski definition) is 0. The van der Waals surface area contributed by atoms with Gasteiger partial charge in [-0.25, -0.2) is 4.98 Å². The van der Waals surface area contributed by atoms with Crippen molar-refractivity contribution in [3.8, 4) is 0 Å². The second-order valence-corrected chi connectivity index (χ2v) is 7.78. The molecule has 0 spiro atoms. The van der Waals surface area contributed by atoms with E-state index in [2.05, 4.69) is 31.7 Å². The van der Waals surface area contributed by atoms with E-state index in [-0.39, 0.29) is 5.91 Å². The van der Waals surface area contributed by atoms with Crippen LogP contribution in [-0.4, -0.2) is 62.1 Å². The Labute approximate surface area is 151 Å². The van der Waals surface area contributed by atoms with Crippen molar-refractivity contribution in [1.29, 1.82) is 0 Å². The highest BCUT2D eigenvalue weighted by Crippen LogP contribution is 2.29. The smallest absolute Gasteiger partial charge is 0.265 e. The van der Waals surface area contributed by atoms with Crippen molar-refractivity contribution in [2.75, 3.05) is 26.7 Å². The van der Waals surface area contributed by atoms with Crippen LogP contribution in [0.5, 0.6) is 0 Å². The number of likely N-dealkylation sites (tertiary alicyclic amines) is 1. The van der Waals surface area contributed by atoms with Gasteiger partial charge in [0, 0.05) is 26.1 Å². The van der Waals surface area contributed by atoms with Gasteiger partial charge in [0.15, 0.2) is 0 Å².